The van der Waals surface area contributed by atoms with Crippen LogP contribution in [0, 0.1) is 0 Å². The molecule has 4 aromatic rings. The van der Waals surface area contributed by atoms with Crippen LogP contribution in [0.5, 0.6) is 0 Å². The van der Waals surface area contributed by atoms with E-state index in [9.17, 15) is 4.79 Å². The average Bonchev–Trinajstić information content (AvgIpc) is 2.74. The summed E-state index contributed by atoms with van der Waals surface area (Å²) in [5.74, 6) is 0.0185. The Balaban J connectivity index is 1.50. The smallest absolute Gasteiger partial charge is 0.274 e. The van der Waals surface area contributed by atoms with Crippen LogP contribution in [0.3, 0.4) is 0 Å². The molecule has 6 nitrogen and oxygen atoms in total. The minimum absolute atomic E-state index is 0.254. The Morgan fingerprint density at radius 3 is 2.68 bits per heavy atom. The molecule has 0 aliphatic heterocycles. The minimum Gasteiger partial charge on any atom is -0.350 e. The maximum absolute atomic E-state index is 12.7. The minimum atomic E-state index is -0.332. The Bertz CT molecular complexity index is 1140. The highest BCUT2D eigenvalue weighted by molar-refractivity contribution is 6.31. The standard InChI is InChI=1S/C21H16ClN5O/c22-16-8-2-1-5-15(16)13-25-21-24-12-10-18(27-21)20(28)26-17-9-3-6-14-7-4-11-23-19(14)17/h1-12H,13H2,(H,26,28)(H,24,25,27). The Morgan fingerprint density at radius 2 is 1.79 bits per heavy atom. The van der Waals surface area contributed by atoms with Crippen LogP contribution in [0.4, 0.5) is 11.6 Å². The zero-order valence-corrected chi connectivity index (χ0v) is 15.5. The molecule has 2 aromatic heterocycles. The molecule has 0 aliphatic rings. The quantitative estimate of drug-likeness (QED) is 0.523. The van der Waals surface area contributed by atoms with Gasteiger partial charge in [0.2, 0.25) is 5.95 Å². The highest BCUT2D eigenvalue weighted by Crippen LogP contribution is 2.21. The number of hydrogen-bond donors (Lipinski definition) is 2. The first-order chi connectivity index (χ1) is 13.7. The molecular formula is C21H16ClN5O. The van der Waals surface area contributed by atoms with Gasteiger partial charge in [0.15, 0.2) is 0 Å². The van der Waals surface area contributed by atoms with Crippen LogP contribution < -0.4 is 10.6 Å². The third-order valence-corrected chi connectivity index (χ3v) is 4.53. The zero-order valence-electron chi connectivity index (χ0n) is 14.8. The lowest BCUT2D eigenvalue weighted by Crippen LogP contribution is -2.15. The van der Waals surface area contributed by atoms with Crippen molar-refractivity contribution in [3.8, 4) is 0 Å². The summed E-state index contributed by atoms with van der Waals surface area (Å²) in [4.78, 5) is 25.5. The number of carbonyl (C=O) groups is 1. The molecule has 7 heteroatoms. The molecular weight excluding hydrogens is 374 g/mol. The molecule has 0 saturated carbocycles. The first-order valence-corrected chi connectivity index (χ1v) is 9.04. The van der Waals surface area contributed by atoms with E-state index < -0.39 is 0 Å². The molecule has 0 saturated heterocycles. The van der Waals surface area contributed by atoms with Crippen LogP contribution in [0.2, 0.25) is 5.02 Å². The Morgan fingerprint density at radius 1 is 0.929 bits per heavy atom. The average molecular weight is 390 g/mol. The number of para-hydroxylation sites is 1. The third kappa shape index (κ3) is 3.92. The van der Waals surface area contributed by atoms with Crippen LogP contribution in [-0.4, -0.2) is 20.9 Å². The predicted octanol–water partition coefficient (Wildman–Crippen LogP) is 4.54. The van der Waals surface area contributed by atoms with Crippen LogP contribution in [0.1, 0.15) is 16.1 Å². The van der Waals surface area contributed by atoms with Gasteiger partial charge in [-0.05, 0) is 29.8 Å². The van der Waals surface area contributed by atoms with Crippen LogP contribution in [-0.2, 0) is 6.54 Å². The number of anilines is 2. The van der Waals surface area contributed by atoms with Crippen molar-refractivity contribution in [1.29, 1.82) is 0 Å². The van der Waals surface area contributed by atoms with Gasteiger partial charge in [0, 0.05) is 29.3 Å². The normalized spacial score (nSPS) is 10.6. The summed E-state index contributed by atoms with van der Waals surface area (Å²) in [6.45, 7) is 0.456. The van der Waals surface area contributed by atoms with Crippen molar-refractivity contribution < 1.29 is 4.79 Å². The molecule has 0 fully saturated rings. The van der Waals surface area contributed by atoms with Crippen LogP contribution >= 0.6 is 11.6 Å². The molecule has 0 atom stereocenters. The molecule has 0 spiro atoms. The van der Waals surface area contributed by atoms with Gasteiger partial charge in [-0.2, -0.15) is 0 Å². The Hall–Kier alpha value is -3.51. The van der Waals surface area contributed by atoms with Gasteiger partial charge in [0.1, 0.15) is 5.69 Å². The summed E-state index contributed by atoms with van der Waals surface area (Å²) in [7, 11) is 0. The summed E-state index contributed by atoms with van der Waals surface area (Å²) in [6, 6.07) is 18.5. The number of amides is 1. The van der Waals surface area contributed by atoms with Gasteiger partial charge in [-0.25, -0.2) is 9.97 Å². The van der Waals surface area contributed by atoms with E-state index in [0.29, 0.717) is 23.2 Å². The number of nitrogens with one attached hydrogen (secondary N) is 2. The van der Waals surface area contributed by atoms with E-state index in [1.165, 1.54) is 6.20 Å². The Kier molecular flexibility index (Phi) is 5.12. The SMILES string of the molecule is O=C(Nc1cccc2cccnc12)c1ccnc(NCc2ccccc2Cl)n1. The van der Waals surface area contributed by atoms with Crippen LogP contribution in [0.15, 0.2) is 73.1 Å². The summed E-state index contributed by atoms with van der Waals surface area (Å²) in [5, 5.41) is 7.57. The van der Waals surface area contributed by atoms with Crippen molar-refractivity contribution >= 4 is 40.0 Å². The maximum atomic E-state index is 12.7. The molecule has 2 N–H and O–H groups in total. The van der Waals surface area contributed by atoms with E-state index in [1.54, 1.807) is 12.3 Å². The monoisotopic (exact) mass is 389 g/mol. The second-order valence-corrected chi connectivity index (χ2v) is 6.45. The molecule has 28 heavy (non-hydrogen) atoms. The lowest BCUT2D eigenvalue weighted by Gasteiger charge is -2.09. The number of nitrogens with zero attached hydrogens (tertiary/aromatic N) is 3. The molecule has 0 bridgehead atoms. The zero-order chi connectivity index (χ0) is 19.3. The van der Waals surface area contributed by atoms with Gasteiger partial charge >= 0.3 is 0 Å². The van der Waals surface area contributed by atoms with E-state index in [2.05, 4.69) is 25.6 Å². The summed E-state index contributed by atoms with van der Waals surface area (Å²) in [5.41, 5.74) is 2.53. The van der Waals surface area contributed by atoms with Gasteiger partial charge in [-0.3, -0.25) is 9.78 Å². The Labute approximate surface area is 166 Å². The van der Waals surface area contributed by atoms with Gasteiger partial charge < -0.3 is 10.6 Å². The summed E-state index contributed by atoms with van der Waals surface area (Å²) < 4.78 is 0. The van der Waals surface area contributed by atoms with E-state index >= 15 is 0 Å². The molecule has 138 valence electrons. The van der Waals surface area contributed by atoms with Crippen molar-refractivity contribution in [2.24, 2.45) is 0 Å². The summed E-state index contributed by atoms with van der Waals surface area (Å²) >= 11 is 6.16. The lowest BCUT2D eigenvalue weighted by atomic mass is 10.2. The highest BCUT2D eigenvalue weighted by atomic mass is 35.5. The predicted molar refractivity (Wildman–Crippen MR) is 111 cm³/mol. The molecule has 0 unspecified atom stereocenters. The van der Waals surface area contributed by atoms with Crippen molar-refractivity contribution in [1.82, 2.24) is 15.0 Å². The van der Waals surface area contributed by atoms with Gasteiger partial charge in [0.25, 0.3) is 5.91 Å². The largest absolute Gasteiger partial charge is 0.350 e. The van der Waals surface area contributed by atoms with Crippen molar-refractivity contribution in [3.63, 3.8) is 0 Å². The fraction of sp³-hybridized carbons (Fsp3) is 0.0476. The molecule has 0 aliphatic carbocycles. The third-order valence-electron chi connectivity index (χ3n) is 4.16. The summed E-state index contributed by atoms with van der Waals surface area (Å²) in [6.07, 6.45) is 3.23. The second kappa shape index (κ2) is 8.02. The highest BCUT2D eigenvalue weighted by Gasteiger charge is 2.11. The van der Waals surface area contributed by atoms with E-state index in [-0.39, 0.29) is 11.6 Å². The lowest BCUT2D eigenvalue weighted by molar-refractivity contribution is 0.102. The number of benzene rings is 2. The molecule has 0 radical (unpaired) electrons. The maximum Gasteiger partial charge on any atom is 0.274 e. The van der Waals surface area contributed by atoms with E-state index in [1.807, 2.05) is 54.6 Å². The first-order valence-electron chi connectivity index (χ1n) is 8.66. The van der Waals surface area contributed by atoms with Crippen molar-refractivity contribution in [2.45, 2.75) is 6.54 Å². The van der Waals surface area contributed by atoms with Crippen molar-refractivity contribution in [3.05, 3.63) is 89.3 Å². The number of pyridine rings is 1. The number of rotatable bonds is 5. The number of carbonyl (C=O) groups excluding carboxylic acids is 1. The molecule has 2 heterocycles. The number of fused-ring (bicyclic) bond motifs is 1. The molecule has 1 amide bonds. The van der Waals surface area contributed by atoms with Crippen molar-refractivity contribution in [2.75, 3.05) is 10.6 Å². The van der Waals surface area contributed by atoms with Gasteiger partial charge in [-0.1, -0.05) is 48.0 Å². The molecule has 4 rings (SSSR count). The van der Waals surface area contributed by atoms with Gasteiger partial charge in [0.05, 0.1) is 11.2 Å². The van der Waals surface area contributed by atoms with E-state index in [4.69, 9.17) is 11.6 Å². The molecule has 2 aromatic carbocycles. The number of aromatic nitrogens is 3. The first kappa shape index (κ1) is 17.9. The second-order valence-electron chi connectivity index (χ2n) is 6.05. The van der Waals surface area contributed by atoms with Crippen LogP contribution in [0.25, 0.3) is 10.9 Å². The van der Waals surface area contributed by atoms with E-state index in [0.717, 1.165) is 16.5 Å². The fourth-order valence-electron chi connectivity index (χ4n) is 2.78. The number of hydrogen-bond acceptors (Lipinski definition) is 5. The topological polar surface area (TPSA) is 79.8 Å². The number of halogens is 1. The van der Waals surface area contributed by atoms with Gasteiger partial charge in [-0.15, -0.1) is 0 Å². The fourth-order valence-corrected chi connectivity index (χ4v) is 2.98.